The van der Waals surface area contributed by atoms with E-state index in [9.17, 15) is 24.1 Å². The minimum absolute atomic E-state index is 0.0715. The number of esters is 1. The molecular formula is C22H29FN3O9P. The first-order chi connectivity index (χ1) is 16.9. The first-order valence-corrected chi connectivity index (χ1v) is 12.5. The normalized spacial score (nSPS) is 25.4. The zero-order valence-electron chi connectivity index (χ0n) is 20.1. The Balaban J connectivity index is 1.66. The van der Waals surface area contributed by atoms with E-state index < -0.39 is 55.5 Å². The number of nitrogens with zero attached hydrogens (tertiary/aromatic N) is 1. The molecule has 0 amide bonds. The summed E-state index contributed by atoms with van der Waals surface area (Å²) in [4.78, 5) is 37.3. The fraction of sp³-hybridized carbons (Fsp3) is 0.500. The van der Waals surface area contributed by atoms with Gasteiger partial charge in [0.15, 0.2) is 23.4 Å². The highest BCUT2D eigenvalue weighted by molar-refractivity contribution is 7.37. The summed E-state index contributed by atoms with van der Waals surface area (Å²) >= 11 is 0. The van der Waals surface area contributed by atoms with Crippen molar-refractivity contribution in [1.29, 1.82) is 0 Å². The molecule has 0 aliphatic carbocycles. The second kappa shape index (κ2) is 11.4. The van der Waals surface area contributed by atoms with E-state index >= 15 is 4.39 Å². The van der Waals surface area contributed by atoms with Crippen LogP contribution in [0.1, 0.15) is 33.9 Å². The number of aliphatic hydroxyl groups is 1. The maximum Gasteiger partial charge on any atom is 0.330 e. The molecule has 2 aromatic rings. The number of aliphatic hydroxyl groups excluding tert-OH is 1. The Kier molecular flexibility index (Phi) is 8.72. The van der Waals surface area contributed by atoms with E-state index in [0.717, 1.165) is 23.8 Å². The van der Waals surface area contributed by atoms with Crippen LogP contribution in [0.15, 0.2) is 46.1 Å². The van der Waals surface area contributed by atoms with Gasteiger partial charge in [-0.3, -0.25) is 23.7 Å². The molecule has 1 aromatic carbocycles. The van der Waals surface area contributed by atoms with Gasteiger partial charge in [0.25, 0.3) is 5.56 Å². The van der Waals surface area contributed by atoms with Crippen molar-refractivity contribution in [2.24, 2.45) is 0 Å². The molecule has 0 spiro atoms. The van der Waals surface area contributed by atoms with Gasteiger partial charge < -0.3 is 23.8 Å². The number of H-pyrrole nitrogens is 1. The van der Waals surface area contributed by atoms with Crippen molar-refractivity contribution in [3.63, 3.8) is 0 Å². The molecule has 1 saturated heterocycles. The Morgan fingerprint density at radius 3 is 2.58 bits per heavy atom. The van der Waals surface area contributed by atoms with E-state index in [2.05, 4.69) is 5.09 Å². The molecule has 1 aliphatic rings. The number of carbonyl (C=O) groups excluding carboxylic acids is 1. The quantitative estimate of drug-likeness (QED) is 0.303. The topological polar surface area (TPSA) is 158 Å². The van der Waals surface area contributed by atoms with Gasteiger partial charge in [0.05, 0.1) is 6.10 Å². The van der Waals surface area contributed by atoms with Crippen molar-refractivity contribution >= 4 is 14.1 Å². The summed E-state index contributed by atoms with van der Waals surface area (Å²) in [6.45, 7) is 5.59. The summed E-state index contributed by atoms with van der Waals surface area (Å²) < 4.78 is 50.3. The van der Waals surface area contributed by atoms with Crippen molar-refractivity contribution in [3.8, 4) is 11.5 Å². The lowest BCUT2D eigenvalue weighted by Gasteiger charge is -2.24. The number of hydrogen-bond donors (Lipinski definition) is 3. The summed E-state index contributed by atoms with van der Waals surface area (Å²) in [6.07, 6.45) is -3.66. The highest BCUT2D eigenvalue weighted by Crippen LogP contribution is 2.41. The third-order valence-electron chi connectivity index (χ3n) is 5.32. The molecule has 198 valence electrons. The standard InChI is InChI=1S/C22H29FN3O9P/c1-12(2)33-19(29)13(3)25-36(31)35-15-8-6-5-7-14(15)32-11-16-18(28)22(4,23)20(34-16)26-10-9-17(27)24-21(26)30/h5-10,12-13,16,18,20,28,36H,11H2,1-4H3,(H,25,31)(H,24,27,30)/t13?,16-,18-,20-,22-/m1/s1. The van der Waals surface area contributed by atoms with E-state index in [0.29, 0.717) is 0 Å². The van der Waals surface area contributed by atoms with Crippen molar-refractivity contribution in [2.45, 2.75) is 63.9 Å². The monoisotopic (exact) mass is 529 g/mol. The predicted molar refractivity (Wildman–Crippen MR) is 126 cm³/mol. The van der Waals surface area contributed by atoms with Crippen LogP contribution in [0.25, 0.3) is 0 Å². The third kappa shape index (κ3) is 6.41. The second-order valence-corrected chi connectivity index (χ2v) is 9.71. The molecule has 0 bridgehead atoms. The SMILES string of the molecule is CC(C)OC(=O)C(C)N[P@@H](=O)Oc1ccccc1OC[C@H]1O[C@@H](n2ccc(=O)[nH]c2=O)[C@](C)(F)[C@@H]1O. The average molecular weight is 529 g/mol. The van der Waals surface area contributed by atoms with Crippen LogP contribution < -0.4 is 25.6 Å². The number of ether oxygens (including phenoxy) is 3. The number of carbonyl (C=O) groups is 1. The number of rotatable bonds is 10. The molecule has 3 rings (SSSR count). The summed E-state index contributed by atoms with van der Waals surface area (Å²) in [6, 6.07) is 6.34. The van der Waals surface area contributed by atoms with Crippen molar-refractivity contribution in [3.05, 3.63) is 57.4 Å². The number of alkyl halides is 1. The Hall–Kier alpha value is -2.99. The lowest BCUT2D eigenvalue weighted by atomic mass is 9.98. The molecule has 1 aromatic heterocycles. The van der Waals surface area contributed by atoms with Gasteiger partial charge in [0.2, 0.25) is 0 Å². The Morgan fingerprint density at radius 2 is 1.94 bits per heavy atom. The fourth-order valence-corrected chi connectivity index (χ4v) is 4.39. The van der Waals surface area contributed by atoms with Gasteiger partial charge >= 0.3 is 19.8 Å². The fourth-order valence-electron chi connectivity index (χ4n) is 3.49. The van der Waals surface area contributed by atoms with Crippen molar-refractivity contribution < 1.29 is 37.6 Å². The van der Waals surface area contributed by atoms with Gasteiger partial charge in [-0.2, -0.15) is 0 Å². The van der Waals surface area contributed by atoms with Crippen LogP contribution in [0.3, 0.4) is 0 Å². The van der Waals surface area contributed by atoms with Crippen molar-refractivity contribution in [1.82, 2.24) is 14.6 Å². The number of aromatic amines is 1. The predicted octanol–water partition coefficient (Wildman–Crippen LogP) is 1.30. The van der Waals surface area contributed by atoms with Gasteiger partial charge in [-0.25, -0.2) is 14.3 Å². The summed E-state index contributed by atoms with van der Waals surface area (Å²) in [5, 5.41) is 13.0. The van der Waals surface area contributed by atoms with Crippen LogP contribution in [0.5, 0.6) is 11.5 Å². The van der Waals surface area contributed by atoms with Crippen molar-refractivity contribution in [2.75, 3.05) is 6.61 Å². The molecule has 14 heteroatoms. The largest absolute Gasteiger partial charge is 0.487 e. The third-order valence-corrected chi connectivity index (χ3v) is 6.39. The smallest absolute Gasteiger partial charge is 0.330 e. The van der Waals surface area contributed by atoms with E-state index in [-0.39, 0.29) is 24.2 Å². The first kappa shape index (κ1) is 27.6. The second-order valence-electron chi connectivity index (χ2n) is 8.64. The first-order valence-electron chi connectivity index (χ1n) is 11.1. The average Bonchev–Trinajstić information content (AvgIpc) is 3.01. The van der Waals surface area contributed by atoms with Gasteiger partial charge in [-0.15, -0.1) is 0 Å². The molecule has 1 unspecified atom stereocenters. The molecule has 1 aliphatic heterocycles. The summed E-state index contributed by atoms with van der Waals surface area (Å²) in [7, 11) is -2.95. The lowest BCUT2D eigenvalue weighted by Crippen LogP contribution is -2.43. The molecule has 0 saturated carbocycles. The molecule has 12 nitrogen and oxygen atoms in total. The van der Waals surface area contributed by atoms with Gasteiger partial charge in [-0.05, 0) is 39.8 Å². The van der Waals surface area contributed by atoms with Crippen LogP contribution in [-0.2, 0) is 18.8 Å². The highest BCUT2D eigenvalue weighted by atomic mass is 31.1. The van der Waals surface area contributed by atoms with Gasteiger partial charge in [0.1, 0.15) is 24.9 Å². The van der Waals surface area contributed by atoms with Gasteiger partial charge in [0, 0.05) is 12.3 Å². The number of halogens is 1. The minimum Gasteiger partial charge on any atom is -0.487 e. The summed E-state index contributed by atoms with van der Waals surface area (Å²) in [5.41, 5.74) is -3.94. The molecule has 2 heterocycles. The van der Waals surface area contributed by atoms with E-state index in [1.165, 1.54) is 19.1 Å². The van der Waals surface area contributed by atoms with Crippen LogP contribution in [0.2, 0.25) is 0 Å². The van der Waals surface area contributed by atoms with E-state index in [1.807, 2.05) is 4.98 Å². The zero-order chi connectivity index (χ0) is 26.6. The number of hydrogen-bond acceptors (Lipinski definition) is 9. The molecular weight excluding hydrogens is 500 g/mol. The maximum absolute atomic E-state index is 15.3. The van der Waals surface area contributed by atoms with Crippen LogP contribution in [0.4, 0.5) is 4.39 Å². The van der Waals surface area contributed by atoms with E-state index in [1.54, 1.807) is 26.0 Å². The highest BCUT2D eigenvalue weighted by Gasteiger charge is 2.55. The zero-order valence-corrected chi connectivity index (χ0v) is 21.1. The number of para-hydroxylation sites is 2. The van der Waals surface area contributed by atoms with Crippen LogP contribution >= 0.6 is 8.18 Å². The summed E-state index contributed by atoms with van der Waals surface area (Å²) in [5.74, 6) is -0.396. The van der Waals surface area contributed by atoms with Gasteiger partial charge in [-0.1, -0.05) is 12.1 Å². The van der Waals surface area contributed by atoms with Crippen LogP contribution in [0, 0.1) is 0 Å². The van der Waals surface area contributed by atoms with E-state index in [4.69, 9.17) is 18.7 Å². The number of nitrogens with one attached hydrogen (secondary N) is 2. The molecule has 1 fully saturated rings. The van der Waals surface area contributed by atoms with Crippen LogP contribution in [-0.4, -0.2) is 57.3 Å². The molecule has 36 heavy (non-hydrogen) atoms. The maximum atomic E-state index is 15.3. The molecule has 3 N–H and O–H groups in total. The number of benzene rings is 1. The minimum atomic E-state index is -2.95. The Morgan fingerprint density at radius 1 is 1.28 bits per heavy atom. The lowest BCUT2D eigenvalue weighted by molar-refractivity contribution is -0.148. The molecule has 0 radical (unpaired) electrons. The number of aromatic nitrogens is 2. The Bertz CT molecular complexity index is 1220. The Labute approximate surface area is 206 Å². The molecule has 6 atom stereocenters.